The number of aromatic nitrogens is 2. The highest BCUT2D eigenvalue weighted by Gasteiger charge is 2.14. The zero-order valence-electron chi connectivity index (χ0n) is 8.87. The molecule has 0 aliphatic carbocycles. The van der Waals surface area contributed by atoms with Crippen molar-refractivity contribution in [1.29, 1.82) is 0 Å². The number of hydrogen-bond donors (Lipinski definition) is 0. The highest BCUT2D eigenvalue weighted by Crippen LogP contribution is 2.19. The third-order valence-corrected chi connectivity index (χ3v) is 2.64. The summed E-state index contributed by atoms with van der Waals surface area (Å²) < 4.78 is 14.2. The van der Waals surface area contributed by atoms with Crippen LogP contribution in [0.15, 0.2) is 23.1 Å². The lowest BCUT2D eigenvalue weighted by Gasteiger charge is -2.08. The Kier molecular flexibility index (Phi) is 2.68. The van der Waals surface area contributed by atoms with Gasteiger partial charge in [-0.05, 0) is 18.1 Å². The first-order chi connectivity index (χ1) is 7.50. The van der Waals surface area contributed by atoms with E-state index >= 15 is 0 Å². The summed E-state index contributed by atoms with van der Waals surface area (Å²) in [6.07, 6.45) is 1.12. The van der Waals surface area contributed by atoms with Gasteiger partial charge in [-0.25, -0.2) is 9.37 Å². The van der Waals surface area contributed by atoms with Crippen molar-refractivity contribution in [3.8, 4) is 0 Å². The van der Waals surface area contributed by atoms with Gasteiger partial charge in [0.2, 0.25) is 0 Å². The molecule has 5 heteroatoms. The molecule has 2 aromatic heterocycles. The van der Waals surface area contributed by atoms with Crippen LogP contribution in [0.3, 0.4) is 0 Å². The molecule has 0 radical (unpaired) electrons. The minimum absolute atomic E-state index is 0.0485. The lowest BCUT2D eigenvalue weighted by molar-refractivity contribution is 0.616. The maximum atomic E-state index is 13.0. The molecule has 0 aliphatic heterocycles. The summed E-state index contributed by atoms with van der Waals surface area (Å²) in [6, 6.07) is 2.67. The molecule has 0 aromatic carbocycles. The van der Waals surface area contributed by atoms with Crippen LogP contribution >= 0.6 is 11.6 Å². The van der Waals surface area contributed by atoms with Crippen LogP contribution in [0.2, 0.25) is 5.15 Å². The van der Waals surface area contributed by atoms with Gasteiger partial charge in [-0.1, -0.05) is 25.4 Å². The van der Waals surface area contributed by atoms with Gasteiger partial charge in [0.15, 0.2) is 0 Å². The quantitative estimate of drug-likeness (QED) is 0.718. The minimum atomic E-state index is -0.478. The Balaban J connectivity index is 2.91. The molecule has 0 saturated heterocycles. The maximum absolute atomic E-state index is 13.0. The van der Waals surface area contributed by atoms with Crippen molar-refractivity contribution in [2.75, 3.05) is 0 Å². The predicted octanol–water partition coefficient (Wildman–Crippen LogP) is 2.61. The molecule has 16 heavy (non-hydrogen) atoms. The highest BCUT2D eigenvalue weighted by atomic mass is 35.5. The number of hydrogen-bond acceptors (Lipinski definition) is 2. The molecule has 0 aliphatic rings. The van der Waals surface area contributed by atoms with E-state index in [1.165, 1.54) is 16.5 Å². The van der Waals surface area contributed by atoms with Crippen LogP contribution in [-0.2, 0) is 0 Å². The molecule has 0 spiro atoms. The number of halogens is 2. The van der Waals surface area contributed by atoms with E-state index in [-0.39, 0.29) is 16.6 Å². The van der Waals surface area contributed by atoms with E-state index in [1.54, 1.807) is 0 Å². The van der Waals surface area contributed by atoms with Gasteiger partial charge in [-0.3, -0.25) is 9.20 Å². The van der Waals surface area contributed by atoms with Crippen LogP contribution in [0, 0.1) is 5.82 Å². The van der Waals surface area contributed by atoms with Gasteiger partial charge < -0.3 is 0 Å². The normalized spacial score (nSPS) is 11.3. The zero-order chi connectivity index (χ0) is 11.9. The van der Waals surface area contributed by atoms with E-state index in [4.69, 9.17) is 11.6 Å². The standard InChI is InChI=1S/C11H10ClFN2O/c1-6(2)9-10(12)14-8-4-3-7(13)5-15(8)11(9)16/h3-6H,1-2H3. The van der Waals surface area contributed by atoms with Gasteiger partial charge >= 0.3 is 0 Å². The molecule has 0 saturated carbocycles. The third-order valence-electron chi connectivity index (χ3n) is 2.35. The number of nitrogens with zero attached hydrogens (tertiary/aromatic N) is 2. The van der Waals surface area contributed by atoms with E-state index in [0.717, 1.165) is 6.20 Å². The molecule has 0 amide bonds. The van der Waals surface area contributed by atoms with Crippen LogP contribution in [0.1, 0.15) is 25.3 Å². The summed E-state index contributed by atoms with van der Waals surface area (Å²) in [7, 11) is 0. The van der Waals surface area contributed by atoms with Crippen molar-refractivity contribution >= 4 is 17.2 Å². The lowest BCUT2D eigenvalue weighted by atomic mass is 10.1. The van der Waals surface area contributed by atoms with E-state index in [9.17, 15) is 9.18 Å². The van der Waals surface area contributed by atoms with Crippen molar-refractivity contribution in [2.24, 2.45) is 0 Å². The summed E-state index contributed by atoms with van der Waals surface area (Å²) in [5.74, 6) is -0.527. The summed E-state index contributed by atoms with van der Waals surface area (Å²) in [6.45, 7) is 3.69. The van der Waals surface area contributed by atoms with Crippen LogP contribution in [-0.4, -0.2) is 9.38 Å². The minimum Gasteiger partial charge on any atom is -0.269 e. The number of fused-ring (bicyclic) bond motifs is 1. The van der Waals surface area contributed by atoms with Gasteiger partial charge in [0, 0.05) is 6.20 Å². The molecule has 2 heterocycles. The molecule has 2 aromatic rings. The molecule has 0 fully saturated rings. The van der Waals surface area contributed by atoms with Gasteiger partial charge in [0.05, 0.1) is 5.56 Å². The van der Waals surface area contributed by atoms with Gasteiger partial charge in [0.25, 0.3) is 5.56 Å². The summed E-state index contributed by atoms with van der Waals surface area (Å²) in [4.78, 5) is 16.1. The number of rotatable bonds is 1. The second kappa shape index (κ2) is 3.87. The molecule has 2 rings (SSSR count). The monoisotopic (exact) mass is 240 g/mol. The van der Waals surface area contributed by atoms with E-state index < -0.39 is 5.82 Å². The topological polar surface area (TPSA) is 34.4 Å². The average molecular weight is 241 g/mol. The number of pyridine rings is 1. The molecular formula is C11H10ClFN2O. The van der Waals surface area contributed by atoms with Crippen molar-refractivity contribution in [3.63, 3.8) is 0 Å². The van der Waals surface area contributed by atoms with Crippen molar-refractivity contribution in [3.05, 3.63) is 45.2 Å². The lowest BCUT2D eigenvalue weighted by Crippen LogP contribution is -2.21. The summed E-state index contributed by atoms with van der Waals surface area (Å²) >= 11 is 5.93. The van der Waals surface area contributed by atoms with E-state index in [1.807, 2.05) is 13.8 Å². The van der Waals surface area contributed by atoms with Gasteiger partial charge in [-0.15, -0.1) is 0 Å². The Morgan fingerprint density at radius 1 is 1.44 bits per heavy atom. The fourth-order valence-corrected chi connectivity index (χ4v) is 1.97. The Labute approximate surface area is 96.5 Å². The first kappa shape index (κ1) is 11.1. The fourth-order valence-electron chi connectivity index (χ4n) is 1.58. The van der Waals surface area contributed by atoms with Gasteiger partial charge in [0.1, 0.15) is 16.6 Å². The van der Waals surface area contributed by atoms with Crippen molar-refractivity contribution in [2.45, 2.75) is 19.8 Å². The summed E-state index contributed by atoms with van der Waals surface area (Å²) in [5.41, 5.74) is 0.440. The van der Waals surface area contributed by atoms with Crippen LogP contribution < -0.4 is 5.56 Å². The molecular weight excluding hydrogens is 231 g/mol. The second-order valence-electron chi connectivity index (χ2n) is 3.85. The molecule has 0 atom stereocenters. The molecule has 0 bridgehead atoms. The van der Waals surface area contributed by atoms with E-state index in [0.29, 0.717) is 11.2 Å². The maximum Gasteiger partial charge on any atom is 0.262 e. The third kappa shape index (κ3) is 1.69. The zero-order valence-corrected chi connectivity index (χ0v) is 9.62. The van der Waals surface area contributed by atoms with Gasteiger partial charge in [-0.2, -0.15) is 0 Å². The van der Waals surface area contributed by atoms with Crippen molar-refractivity contribution < 1.29 is 4.39 Å². The van der Waals surface area contributed by atoms with Crippen LogP contribution in [0.5, 0.6) is 0 Å². The highest BCUT2D eigenvalue weighted by molar-refractivity contribution is 6.30. The van der Waals surface area contributed by atoms with Crippen LogP contribution in [0.4, 0.5) is 4.39 Å². The average Bonchev–Trinajstić information content (AvgIpc) is 2.19. The van der Waals surface area contributed by atoms with E-state index in [2.05, 4.69) is 4.98 Å². The molecule has 0 N–H and O–H groups in total. The fraction of sp³-hybridized carbons (Fsp3) is 0.273. The smallest absolute Gasteiger partial charge is 0.262 e. The first-order valence-electron chi connectivity index (χ1n) is 4.88. The Morgan fingerprint density at radius 3 is 2.75 bits per heavy atom. The molecule has 0 unspecified atom stereocenters. The van der Waals surface area contributed by atoms with Crippen molar-refractivity contribution in [1.82, 2.24) is 9.38 Å². The first-order valence-corrected chi connectivity index (χ1v) is 5.26. The second-order valence-corrected chi connectivity index (χ2v) is 4.21. The molecule has 84 valence electrons. The Hall–Kier alpha value is -1.42. The SMILES string of the molecule is CC(C)c1c(Cl)nc2ccc(F)cn2c1=O. The predicted molar refractivity (Wildman–Crippen MR) is 60.5 cm³/mol. The molecule has 3 nitrogen and oxygen atoms in total. The Morgan fingerprint density at radius 2 is 2.12 bits per heavy atom. The van der Waals surface area contributed by atoms with Crippen LogP contribution in [0.25, 0.3) is 5.65 Å². The Bertz CT molecular complexity index is 607. The largest absolute Gasteiger partial charge is 0.269 e. The summed E-state index contributed by atoms with van der Waals surface area (Å²) in [5, 5.41) is 0.187.